The molecule has 0 amide bonds. The molecule has 1 fully saturated rings. The van der Waals surface area contributed by atoms with Gasteiger partial charge in [0.25, 0.3) is 0 Å². The zero-order valence-corrected chi connectivity index (χ0v) is 103. The third kappa shape index (κ3) is 74.9. The Hall–Kier alpha value is -7.91. The fraction of sp³-hybridized carbons (Fsp3) is 0.597. The van der Waals surface area contributed by atoms with E-state index in [1.165, 1.54) is 134 Å². The van der Waals surface area contributed by atoms with Crippen LogP contribution in [0.5, 0.6) is 0 Å². The molecule has 0 radical (unpaired) electrons. The van der Waals surface area contributed by atoms with Gasteiger partial charge in [-0.25, -0.2) is 0 Å². The molecule has 0 saturated heterocycles. The Balaban J connectivity index is -0.000000482. The topological polar surface area (TPSA) is 14.2 Å². The lowest BCUT2D eigenvalue weighted by molar-refractivity contribution is -0.137. The molecule has 1 heterocycles. The molecule has 144 heavy (non-hydrogen) atoms. The first-order valence-electron chi connectivity index (χ1n) is 56.3. The molecule has 1 aromatic heterocycles. The Morgan fingerprint density at radius 1 is 0.465 bits per heavy atom. The summed E-state index contributed by atoms with van der Waals surface area (Å²) in [6.45, 7) is 112. The van der Waals surface area contributed by atoms with Crippen LogP contribution in [0.25, 0.3) is 22.0 Å². The molecule has 3 atom stereocenters. The van der Waals surface area contributed by atoms with Gasteiger partial charge in [0.2, 0.25) is 0 Å². The average Bonchev–Trinajstić information content (AvgIpc) is 1.67. The minimum absolute atomic E-state index is 0.121. The predicted molar refractivity (Wildman–Crippen MR) is 652 cm³/mol. The maximum Gasteiger partial charge on any atom is 0.416 e. The van der Waals surface area contributed by atoms with Crippen LogP contribution in [-0.2, 0) is 30.8 Å². The molecule has 5 heteroatoms. The first kappa shape index (κ1) is 145. The van der Waals surface area contributed by atoms with Crippen molar-refractivity contribution in [3.05, 3.63) is 298 Å². The van der Waals surface area contributed by atoms with Crippen LogP contribution < -0.4 is 0 Å². The van der Waals surface area contributed by atoms with Crippen LogP contribution in [-0.4, -0.2) is 16.8 Å². The second kappa shape index (κ2) is 82.0. The van der Waals surface area contributed by atoms with Gasteiger partial charge in [-0.1, -0.05) is 515 Å². The highest BCUT2D eigenvalue weighted by atomic mass is 19.4. The van der Waals surface area contributed by atoms with Crippen LogP contribution in [0, 0.1) is 127 Å². The standard InChI is InChI=1S/C13H26O.C12H15N.2C12H14.C11H13F3.C11H16.C9H12.2C8H12.2C7H16.C6H12.C6H10.C5H10.3C4H10/c1-9(2)12-7-6-11(5)8-13(12)14-10(3)4;1-9(2)11-8-13(3)12-7-5-4-6-10(11)12;2*1-9(2)11-8-7-10-5-3-4-6-12(10)11;1-7(2)9-4-8(3)5-10(6-9)11(12,13)14;1-8(2)11-6-9(3)5-10(4)7-11;1-8(2)9-6-4-3-5-7-9;2*1-7(2)8-5-3-4-6-8;1-6(2)7(3,4)5;1-4-5-6-7(2)3;2*1-4-5-6(2)3;1-4-5(2)3;3*1-4(2)3/h9-13H,6-8H2,1-5H3;4-9H,1-3H3;2*3-6,8-9H,7H2,1-2H3;4-7H,1-3H3;5-8H,1-4H3;3-8H,1-2H3;2*3,5-7H,4H2,1-2H3;6H,1-5H3;7H,4-6H2,1-3H3;4,6H,1,5H2,2-3H3;6H,1-3H3;4-5H,1H2,2-3H3;3*4H,1-3H3/t11-,12+,13-;;;;;;;;;;;;;;;;/m1................/s1. The zero-order valence-electron chi connectivity index (χ0n) is 103. The molecule has 5 aliphatic rings. The molecule has 0 unspecified atom stereocenters. The van der Waals surface area contributed by atoms with Crippen molar-refractivity contribution in [1.29, 1.82) is 0 Å². The van der Waals surface area contributed by atoms with E-state index >= 15 is 0 Å². The lowest BCUT2D eigenvalue weighted by atomic mass is 9.75. The highest BCUT2D eigenvalue weighted by molar-refractivity contribution is 5.84. The summed E-state index contributed by atoms with van der Waals surface area (Å²) in [6, 6.07) is 47.4. The normalized spacial score (nSPS) is 14.2. The van der Waals surface area contributed by atoms with Crippen molar-refractivity contribution in [1.82, 2.24) is 4.57 Å². The van der Waals surface area contributed by atoms with E-state index in [1.54, 1.807) is 13.0 Å². The van der Waals surface area contributed by atoms with E-state index < -0.39 is 11.7 Å². The van der Waals surface area contributed by atoms with Crippen molar-refractivity contribution in [2.45, 2.75) is 445 Å². The van der Waals surface area contributed by atoms with E-state index in [9.17, 15) is 13.2 Å². The van der Waals surface area contributed by atoms with Gasteiger partial charge in [0.05, 0.1) is 17.8 Å². The Bertz CT molecular complexity index is 4490. The van der Waals surface area contributed by atoms with Crippen molar-refractivity contribution < 1.29 is 17.9 Å². The molecule has 2 nitrogen and oxygen atoms in total. The largest absolute Gasteiger partial charge is 0.416 e. The van der Waals surface area contributed by atoms with E-state index in [2.05, 4.69) is 511 Å². The minimum Gasteiger partial charge on any atom is -0.375 e. The average molecular weight is 1990 g/mol. The third-order valence-corrected chi connectivity index (χ3v) is 23.8. The van der Waals surface area contributed by atoms with Gasteiger partial charge in [0.1, 0.15) is 0 Å². The smallest absolute Gasteiger partial charge is 0.375 e. The Kier molecular flexibility index (Phi) is 82.3. The maximum absolute atomic E-state index is 12.4. The molecule has 0 aliphatic heterocycles. The van der Waals surface area contributed by atoms with Crippen LogP contribution in [0.3, 0.4) is 0 Å². The first-order valence-corrected chi connectivity index (χ1v) is 56.3. The third-order valence-electron chi connectivity index (χ3n) is 23.8. The number of fused-ring (bicyclic) bond motifs is 3. The lowest BCUT2D eigenvalue weighted by Crippen LogP contribution is -2.35. The zero-order chi connectivity index (χ0) is 112. The summed E-state index contributed by atoms with van der Waals surface area (Å²) in [4.78, 5) is 0. The van der Waals surface area contributed by atoms with Crippen LogP contribution in [0.15, 0.2) is 231 Å². The van der Waals surface area contributed by atoms with Gasteiger partial charge in [-0.15, -0.1) is 25.0 Å². The van der Waals surface area contributed by atoms with Crippen LogP contribution in [0.4, 0.5) is 13.2 Å². The summed E-state index contributed by atoms with van der Waals surface area (Å²) in [5, 5.41) is 1.39. The number of rotatable bonds is 17. The van der Waals surface area contributed by atoms with Gasteiger partial charge in [-0.3, -0.25) is 0 Å². The summed E-state index contributed by atoms with van der Waals surface area (Å²) < 4.78 is 45.5. The highest BCUT2D eigenvalue weighted by Gasteiger charge is 2.33. The number of aromatic nitrogens is 1. The van der Waals surface area contributed by atoms with Crippen molar-refractivity contribution in [2.75, 3.05) is 0 Å². The maximum atomic E-state index is 12.4. The van der Waals surface area contributed by atoms with Crippen molar-refractivity contribution in [2.24, 2.45) is 101 Å². The molecule has 1 saturated carbocycles. The van der Waals surface area contributed by atoms with E-state index in [1.807, 2.05) is 39.0 Å². The number of nitrogens with zero attached hydrogens (tertiary/aromatic N) is 1. The van der Waals surface area contributed by atoms with Gasteiger partial charge in [-0.2, -0.15) is 13.2 Å². The summed E-state index contributed by atoms with van der Waals surface area (Å²) >= 11 is 0. The number of hydrogen-bond acceptors (Lipinski definition) is 1. The monoisotopic (exact) mass is 1980 g/mol. The fourth-order valence-corrected chi connectivity index (χ4v) is 14.7. The Morgan fingerprint density at radius 2 is 0.854 bits per heavy atom. The number of unbranched alkanes of at least 4 members (excludes halogenated alkanes) is 1. The summed E-state index contributed by atoms with van der Waals surface area (Å²) in [6.07, 6.45) is 34.7. The molecular weight excluding hydrogens is 1760 g/mol. The minimum atomic E-state index is -4.24. The molecule has 816 valence electrons. The fourth-order valence-electron chi connectivity index (χ4n) is 14.7. The van der Waals surface area contributed by atoms with Crippen molar-refractivity contribution in [3.63, 3.8) is 0 Å². The predicted octanol–water partition coefficient (Wildman–Crippen LogP) is 45.4. The van der Waals surface area contributed by atoms with Gasteiger partial charge in [0.15, 0.2) is 0 Å². The van der Waals surface area contributed by atoms with Crippen molar-refractivity contribution in [3.8, 4) is 11.8 Å². The van der Waals surface area contributed by atoms with Gasteiger partial charge in [-0.05, 0) is 283 Å². The molecule has 0 bridgehead atoms. The van der Waals surface area contributed by atoms with Crippen molar-refractivity contribution >= 4 is 22.0 Å². The van der Waals surface area contributed by atoms with Gasteiger partial charge in [0, 0.05) is 30.1 Å². The van der Waals surface area contributed by atoms with Gasteiger partial charge < -0.3 is 9.30 Å². The lowest BCUT2D eigenvalue weighted by Gasteiger charge is -2.38. The quantitative estimate of drug-likeness (QED) is 0.0655. The van der Waals surface area contributed by atoms with E-state index in [0.717, 1.165) is 90.9 Å². The molecular formula is C139H228F3NO. The van der Waals surface area contributed by atoms with Crippen LogP contribution in [0.2, 0.25) is 0 Å². The summed E-state index contributed by atoms with van der Waals surface area (Å²) in [5.41, 5.74) is 21.6. The van der Waals surface area contributed by atoms with E-state index in [4.69, 9.17) is 4.74 Å². The van der Waals surface area contributed by atoms with E-state index in [0.29, 0.717) is 76.4 Å². The molecule has 7 aromatic rings. The number of allylic oxidation sites excluding steroid dienone is 14. The van der Waals surface area contributed by atoms with E-state index in [-0.39, 0.29) is 5.92 Å². The Morgan fingerprint density at radius 3 is 1.13 bits per heavy atom. The molecule has 0 N–H and O–H groups in total. The molecule has 12 rings (SSSR count). The summed E-state index contributed by atoms with van der Waals surface area (Å²) in [5.74, 6) is 19.1. The number of para-hydroxylation sites is 1. The number of halogens is 3. The first-order chi connectivity index (χ1) is 66.8. The second-order valence-electron chi connectivity index (χ2n) is 47.9. The van der Waals surface area contributed by atoms with Crippen LogP contribution >= 0.6 is 0 Å². The highest BCUT2D eigenvalue weighted by Crippen LogP contribution is 2.38. The number of benzene rings is 6. The summed E-state index contributed by atoms with van der Waals surface area (Å²) in [7, 11) is 2.11. The molecule has 0 spiro atoms. The number of hydrogen-bond donors (Lipinski definition) is 0. The molecule has 6 aromatic carbocycles. The number of alkyl halides is 3. The van der Waals surface area contributed by atoms with Gasteiger partial charge >= 0.3 is 6.18 Å². The number of aryl methyl sites for hydroxylation is 4. The second-order valence-corrected chi connectivity index (χ2v) is 47.9. The molecule has 5 aliphatic carbocycles. The van der Waals surface area contributed by atoms with Crippen LogP contribution in [0.1, 0.15) is 460 Å². The Labute approximate surface area is 894 Å². The number of ether oxygens (including phenoxy) is 1. The SMILES string of the molecule is C=CC(C)C.C=CCC(C)C.CC#CC(C)C.CC(C)C.CC(C)C.CC(C)C.CC(C)C(C)(C)C.CC(C)C1=CCC=C1.CC(C)C1=CCC=C1.CC(C)C1=CCc2ccccc21.CC(C)C1=CCc2ccccc21.CC(C)O[C@@H]1C[C@H](C)CC[C@H]1C(C)C.CC(C)c1ccccc1.CC(C)c1cn(C)c2ccccc12.CCCCC(C)C.Cc1cc(C(C)C)cc(C(F)(F)F)c1.Cc1cc(C)cc(C(C)C)c1.